The molecule has 0 unspecified atom stereocenters. The highest BCUT2D eigenvalue weighted by Gasteiger charge is 2.27. The van der Waals surface area contributed by atoms with Crippen LogP contribution in [0.3, 0.4) is 0 Å². The zero-order valence-corrected chi connectivity index (χ0v) is 15.5. The van der Waals surface area contributed by atoms with E-state index in [9.17, 15) is 9.59 Å². The lowest BCUT2D eigenvalue weighted by molar-refractivity contribution is -0.125. The second kappa shape index (κ2) is 7.70. The Bertz CT molecular complexity index is 776. The zero-order valence-electron chi connectivity index (χ0n) is 13.9. The number of benzene rings is 2. The fourth-order valence-corrected chi connectivity index (χ4v) is 3.09. The summed E-state index contributed by atoms with van der Waals surface area (Å²) < 4.78 is 6.40. The van der Waals surface area contributed by atoms with Crippen LogP contribution in [0.5, 0.6) is 5.75 Å². The predicted molar refractivity (Wildman–Crippen MR) is 99.6 cm³/mol. The van der Waals surface area contributed by atoms with Crippen molar-refractivity contribution in [3.8, 4) is 5.75 Å². The van der Waals surface area contributed by atoms with Crippen LogP contribution >= 0.6 is 15.9 Å². The van der Waals surface area contributed by atoms with Crippen molar-refractivity contribution in [2.45, 2.75) is 19.4 Å². The van der Waals surface area contributed by atoms with Crippen LogP contribution in [0.1, 0.15) is 24.9 Å². The number of halogens is 1. The third-order valence-corrected chi connectivity index (χ3v) is 4.65. The zero-order chi connectivity index (χ0) is 17.8. The molecule has 0 aromatic heterocycles. The van der Waals surface area contributed by atoms with Gasteiger partial charge in [-0.25, -0.2) is 0 Å². The van der Waals surface area contributed by atoms with Crippen LogP contribution in [-0.2, 0) is 9.59 Å². The van der Waals surface area contributed by atoms with Gasteiger partial charge in [0.2, 0.25) is 5.91 Å². The normalized spacial score (nSPS) is 14.5. The van der Waals surface area contributed by atoms with Crippen LogP contribution in [0, 0.1) is 0 Å². The van der Waals surface area contributed by atoms with E-state index >= 15 is 0 Å². The topological polar surface area (TPSA) is 58.6 Å². The van der Waals surface area contributed by atoms with E-state index in [4.69, 9.17) is 4.74 Å². The van der Waals surface area contributed by atoms with E-state index in [0.29, 0.717) is 11.4 Å². The lowest BCUT2D eigenvalue weighted by Crippen LogP contribution is -2.45. The van der Waals surface area contributed by atoms with Crippen molar-refractivity contribution < 1.29 is 14.3 Å². The van der Waals surface area contributed by atoms with Crippen LogP contribution in [-0.4, -0.2) is 25.0 Å². The van der Waals surface area contributed by atoms with Crippen LogP contribution in [0.4, 0.5) is 5.69 Å². The molecule has 0 bridgehead atoms. The maximum Gasteiger partial charge on any atom is 0.265 e. The largest absolute Gasteiger partial charge is 0.482 e. The number of hydrogen-bond acceptors (Lipinski definition) is 3. The molecule has 1 aliphatic heterocycles. The molecule has 0 aliphatic carbocycles. The van der Waals surface area contributed by atoms with Crippen molar-refractivity contribution in [2.24, 2.45) is 0 Å². The number of nitrogens with zero attached hydrogens (tertiary/aromatic N) is 1. The summed E-state index contributed by atoms with van der Waals surface area (Å²) >= 11 is 3.41. The van der Waals surface area contributed by atoms with Gasteiger partial charge in [-0.15, -0.1) is 0 Å². The highest BCUT2D eigenvalue weighted by atomic mass is 79.9. The third kappa shape index (κ3) is 4.02. The van der Waals surface area contributed by atoms with Crippen LogP contribution in [0.2, 0.25) is 0 Å². The van der Waals surface area contributed by atoms with E-state index in [-0.39, 0.29) is 31.0 Å². The molecule has 5 nitrogen and oxygen atoms in total. The number of fused-ring (bicyclic) bond motifs is 1. The van der Waals surface area contributed by atoms with Crippen LogP contribution < -0.4 is 15.0 Å². The Morgan fingerprint density at radius 2 is 1.96 bits per heavy atom. The molecule has 1 heterocycles. The first kappa shape index (κ1) is 17.5. The predicted octanol–water partition coefficient (Wildman–Crippen LogP) is 3.44. The Hall–Kier alpha value is -2.34. The minimum atomic E-state index is -0.217. The van der Waals surface area contributed by atoms with Crippen molar-refractivity contribution in [1.29, 1.82) is 0 Å². The maximum atomic E-state index is 12.5. The number of para-hydroxylation sites is 2. The molecule has 2 amide bonds. The van der Waals surface area contributed by atoms with Crippen molar-refractivity contribution in [2.75, 3.05) is 18.1 Å². The second-order valence-corrected chi connectivity index (χ2v) is 6.73. The molecule has 130 valence electrons. The van der Waals surface area contributed by atoms with Gasteiger partial charge in [0.25, 0.3) is 5.91 Å². The van der Waals surface area contributed by atoms with Gasteiger partial charge < -0.3 is 10.1 Å². The number of carbonyl (C=O) groups is 2. The van der Waals surface area contributed by atoms with Gasteiger partial charge in [0.1, 0.15) is 12.3 Å². The van der Waals surface area contributed by atoms with Crippen molar-refractivity contribution in [1.82, 2.24) is 5.32 Å². The lowest BCUT2D eigenvalue weighted by atomic mass is 10.0. The highest BCUT2D eigenvalue weighted by molar-refractivity contribution is 9.10. The molecule has 0 saturated carbocycles. The molecule has 1 aliphatic rings. The average molecular weight is 403 g/mol. The van der Waals surface area contributed by atoms with E-state index in [1.54, 1.807) is 12.1 Å². The minimum Gasteiger partial charge on any atom is -0.482 e. The van der Waals surface area contributed by atoms with Gasteiger partial charge in [0, 0.05) is 4.47 Å². The summed E-state index contributed by atoms with van der Waals surface area (Å²) in [5, 5.41) is 3.01. The molecule has 25 heavy (non-hydrogen) atoms. The van der Waals surface area contributed by atoms with Crippen LogP contribution in [0.25, 0.3) is 0 Å². The summed E-state index contributed by atoms with van der Waals surface area (Å²) in [7, 11) is 0. The monoisotopic (exact) mass is 402 g/mol. The third-order valence-electron chi connectivity index (χ3n) is 4.13. The van der Waals surface area contributed by atoms with Gasteiger partial charge in [0.15, 0.2) is 6.61 Å². The second-order valence-electron chi connectivity index (χ2n) is 5.82. The fraction of sp³-hybridized carbons (Fsp3) is 0.263. The number of anilines is 1. The standard InChI is InChI=1S/C19H19BrN2O3/c1-2-15(13-7-9-14(20)10-8-13)21-18(23)11-22-16-5-3-4-6-17(16)25-12-19(22)24/h3-10,15H,2,11-12H2,1H3,(H,21,23)/t15-/m0/s1. The van der Waals surface area contributed by atoms with E-state index < -0.39 is 0 Å². The van der Waals surface area contributed by atoms with Crippen molar-refractivity contribution in [3.63, 3.8) is 0 Å². The lowest BCUT2D eigenvalue weighted by Gasteiger charge is -2.29. The number of rotatable bonds is 5. The first-order valence-corrected chi connectivity index (χ1v) is 8.94. The Labute approximate surface area is 155 Å². The molecule has 0 radical (unpaired) electrons. The molecular weight excluding hydrogens is 384 g/mol. The molecule has 0 spiro atoms. The highest BCUT2D eigenvalue weighted by Crippen LogP contribution is 2.31. The average Bonchev–Trinajstić information content (AvgIpc) is 2.63. The van der Waals surface area contributed by atoms with Gasteiger partial charge >= 0.3 is 0 Å². The number of amides is 2. The van der Waals surface area contributed by atoms with E-state index in [1.165, 1.54) is 4.90 Å². The van der Waals surface area contributed by atoms with Crippen LogP contribution in [0.15, 0.2) is 53.0 Å². The number of hydrogen-bond donors (Lipinski definition) is 1. The summed E-state index contributed by atoms with van der Waals surface area (Å²) in [6, 6.07) is 15.0. The number of nitrogens with one attached hydrogen (secondary N) is 1. The van der Waals surface area contributed by atoms with Crippen molar-refractivity contribution in [3.05, 3.63) is 58.6 Å². The molecule has 3 rings (SSSR count). The van der Waals surface area contributed by atoms with Gasteiger partial charge in [-0.3, -0.25) is 14.5 Å². The SMILES string of the molecule is CC[C@H](NC(=O)CN1C(=O)COc2ccccc21)c1ccc(Br)cc1. The Balaban J connectivity index is 1.71. The van der Waals surface area contributed by atoms with E-state index in [1.807, 2.05) is 43.3 Å². The van der Waals surface area contributed by atoms with Gasteiger partial charge in [0.05, 0.1) is 11.7 Å². The smallest absolute Gasteiger partial charge is 0.265 e. The first-order chi connectivity index (χ1) is 12.1. The van der Waals surface area contributed by atoms with Gasteiger partial charge in [-0.05, 0) is 36.2 Å². The minimum absolute atomic E-state index is 0.0216. The summed E-state index contributed by atoms with van der Waals surface area (Å²) in [6.45, 7) is 1.95. The quantitative estimate of drug-likeness (QED) is 0.832. The summed E-state index contributed by atoms with van der Waals surface area (Å²) in [5.41, 5.74) is 1.67. The Kier molecular flexibility index (Phi) is 5.38. The van der Waals surface area contributed by atoms with Crippen molar-refractivity contribution >= 4 is 33.4 Å². The van der Waals surface area contributed by atoms with E-state index in [0.717, 1.165) is 16.5 Å². The molecule has 0 saturated heterocycles. The summed E-state index contributed by atoms with van der Waals surface area (Å²) in [4.78, 5) is 26.2. The Morgan fingerprint density at radius 1 is 1.24 bits per heavy atom. The first-order valence-electron chi connectivity index (χ1n) is 8.15. The molecule has 0 fully saturated rings. The molecule has 1 atom stereocenters. The molecule has 2 aromatic rings. The number of ether oxygens (including phenoxy) is 1. The Morgan fingerprint density at radius 3 is 2.68 bits per heavy atom. The van der Waals surface area contributed by atoms with Gasteiger partial charge in [-0.2, -0.15) is 0 Å². The molecule has 1 N–H and O–H groups in total. The summed E-state index contributed by atoms with van der Waals surface area (Å²) in [5.74, 6) is 0.209. The number of carbonyl (C=O) groups excluding carboxylic acids is 2. The van der Waals surface area contributed by atoms with E-state index in [2.05, 4.69) is 21.2 Å². The maximum absolute atomic E-state index is 12.5. The fourth-order valence-electron chi connectivity index (χ4n) is 2.83. The molecular formula is C19H19BrN2O3. The molecule has 2 aromatic carbocycles. The van der Waals surface area contributed by atoms with Gasteiger partial charge in [-0.1, -0.05) is 47.1 Å². The molecule has 6 heteroatoms. The summed E-state index contributed by atoms with van der Waals surface area (Å²) in [6.07, 6.45) is 0.765.